The fourth-order valence-corrected chi connectivity index (χ4v) is 2.86. The van der Waals surface area contributed by atoms with Gasteiger partial charge in [0.2, 0.25) is 11.7 Å². The standard InChI is InChI=1S/C15H18BrN5O/c1-10(15(22)17-13-4-2-3-5-13)21-19-14(18-20-21)11-6-8-12(16)9-7-11/h6-10,13H,2-5H2,1H3,(H,17,22)/t10-/m1/s1. The van der Waals surface area contributed by atoms with Crippen LogP contribution >= 0.6 is 15.9 Å². The van der Waals surface area contributed by atoms with Crippen molar-refractivity contribution < 1.29 is 4.79 Å². The molecular formula is C15H18BrN5O. The van der Waals surface area contributed by atoms with Crippen molar-refractivity contribution in [2.75, 3.05) is 0 Å². The predicted octanol–water partition coefficient (Wildman–Crippen LogP) is 2.72. The first-order chi connectivity index (χ1) is 10.6. The van der Waals surface area contributed by atoms with E-state index in [0.29, 0.717) is 11.9 Å². The molecule has 116 valence electrons. The number of amides is 1. The van der Waals surface area contributed by atoms with Crippen LogP contribution in [0.3, 0.4) is 0 Å². The van der Waals surface area contributed by atoms with Crippen molar-refractivity contribution in [3.8, 4) is 11.4 Å². The summed E-state index contributed by atoms with van der Waals surface area (Å²) in [6, 6.07) is 7.50. The molecule has 0 radical (unpaired) electrons. The summed E-state index contributed by atoms with van der Waals surface area (Å²) in [4.78, 5) is 13.6. The molecule has 0 spiro atoms. The maximum Gasteiger partial charge on any atom is 0.246 e. The number of hydrogen-bond acceptors (Lipinski definition) is 4. The highest BCUT2D eigenvalue weighted by molar-refractivity contribution is 9.10. The lowest BCUT2D eigenvalue weighted by atomic mass is 10.2. The molecule has 0 bridgehead atoms. The summed E-state index contributed by atoms with van der Waals surface area (Å²) < 4.78 is 0.993. The van der Waals surface area contributed by atoms with Gasteiger partial charge in [-0.25, -0.2) is 0 Å². The van der Waals surface area contributed by atoms with Crippen molar-refractivity contribution in [1.82, 2.24) is 25.5 Å². The SMILES string of the molecule is C[C@H](C(=O)NC1CCCC1)n1nnc(-c2ccc(Br)cc2)n1. The van der Waals surface area contributed by atoms with Crippen molar-refractivity contribution in [3.05, 3.63) is 28.7 Å². The molecule has 2 aromatic rings. The van der Waals surface area contributed by atoms with Gasteiger partial charge in [-0.3, -0.25) is 4.79 Å². The first kappa shape index (κ1) is 15.1. The monoisotopic (exact) mass is 363 g/mol. The highest BCUT2D eigenvalue weighted by Gasteiger charge is 2.23. The molecule has 1 aromatic heterocycles. The molecule has 1 heterocycles. The highest BCUT2D eigenvalue weighted by Crippen LogP contribution is 2.20. The molecule has 3 rings (SSSR count). The van der Waals surface area contributed by atoms with Crippen LogP contribution in [-0.4, -0.2) is 32.2 Å². The van der Waals surface area contributed by atoms with Gasteiger partial charge >= 0.3 is 0 Å². The molecule has 1 aliphatic rings. The Morgan fingerprint density at radius 2 is 2.00 bits per heavy atom. The van der Waals surface area contributed by atoms with Gasteiger partial charge in [-0.1, -0.05) is 28.8 Å². The molecule has 1 saturated carbocycles. The van der Waals surface area contributed by atoms with Gasteiger partial charge in [0.15, 0.2) is 0 Å². The van der Waals surface area contributed by atoms with E-state index in [2.05, 4.69) is 36.7 Å². The van der Waals surface area contributed by atoms with E-state index in [0.717, 1.165) is 22.9 Å². The first-order valence-electron chi connectivity index (χ1n) is 7.49. The Kier molecular flexibility index (Phi) is 4.52. The molecule has 1 N–H and O–H groups in total. The van der Waals surface area contributed by atoms with Crippen molar-refractivity contribution in [1.29, 1.82) is 0 Å². The average Bonchev–Trinajstić information content (AvgIpc) is 3.18. The lowest BCUT2D eigenvalue weighted by Gasteiger charge is -2.15. The van der Waals surface area contributed by atoms with Crippen LogP contribution in [0.4, 0.5) is 0 Å². The van der Waals surface area contributed by atoms with E-state index in [4.69, 9.17) is 0 Å². The Labute approximate surface area is 137 Å². The Bertz CT molecular complexity index is 648. The zero-order chi connectivity index (χ0) is 15.5. The molecule has 1 fully saturated rings. The third kappa shape index (κ3) is 3.35. The smallest absolute Gasteiger partial charge is 0.246 e. The number of carbonyl (C=O) groups is 1. The number of nitrogens with one attached hydrogen (secondary N) is 1. The van der Waals surface area contributed by atoms with Crippen LogP contribution in [0.15, 0.2) is 28.7 Å². The van der Waals surface area contributed by atoms with Gasteiger partial charge in [-0.2, -0.15) is 4.80 Å². The Hall–Kier alpha value is -1.76. The number of carbonyl (C=O) groups excluding carboxylic acids is 1. The molecule has 6 nitrogen and oxygen atoms in total. The Balaban J connectivity index is 1.69. The van der Waals surface area contributed by atoms with Crippen LogP contribution < -0.4 is 5.32 Å². The number of aromatic nitrogens is 4. The number of tetrazole rings is 1. The van der Waals surface area contributed by atoms with E-state index in [1.165, 1.54) is 17.6 Å². The van der Waals surface area contributed by atoms with E-state index >= 15 is 0 Å². The van der Waals surface area contributed by atoms with E-state index in [1.807, 2.05) is 24.3 Å². The summed E-state index contributed by atoms with van der Waals surface area (Å²) in [5.74, 6) is 0.472. The third-order valence-corrected chi connectivity index (χ3v) is 4.49. The maximum atomic E-state index is 12.2. The van der Waals surface area contributed by atoms with Crippen molar-refractivity contribution in [2.45, 2.75) is 44.7 Å². The fraction of sp³-hybridized carbons (Fsp3) is 0.467. The molecular weight excluding hydrogens is 346 g/mol. The van der Waals surface area contributed by atoms with Gasteiger partial charge in [0, 0.05) is 16.1 Å². The van der Waals surface area contributed by atoms with Crippen LogP contribution in [0, 0.1) is 0 Å². The van der Waals surface area contributed by atoms with E-state index in [9.17, 15) is 4.79 Å². The zero-order valence-electron chi connectivity index (χ0n) is 12.4. The number of nitrogens with zero attached hydrogens (tertiary/aromatic N) is 4. The second kappa shape index (κ2) is 6.56. The van der Waals surface area contributed by atoms with Crippen LogP contribution in [-0.2, 0) is 4.79 Å². The summed E-state index contributed by atoms with van der Waals surface area (Å²) in [5.41, 5.74) is 0.873. The van der Waals surface area contributed by atoms with Gasteiger partial charge in [-0.05, 0) is 49.2 Å². The van der Waals surface area contributed by atoms with Gasteiger partial charge < -0.3 is 5.32 Å². The lowest BCUT2D eigenvalue weighted by Crippen LogP contribution is -2.38. The topological polar surface area (TPSA) is 72.7 Å². The molecule has 1 atom stereocenters. The minimum absolute atomic E-state index is 0.0494. The first-order valence-corrected chi connectivity index (χ1v) is 8.28. The fourth-order valence-electron chi connectivity index (χ4n) is 2.60. The zero-order valence-corrected chi connectivity index (χ0v) is 14.0. The van der Waals surface area contributed by atoms with Crippen LogP contribution in [0.1, 0.15) is 38.6 Å². The molecule has 1 amide bonds. The second-order valence-corrected chi connectivity index (χ2v) is 6.52. The van der Waals surface area contributed by atoms with E-state index < -0.39 is 6.04 Å². The Morgan fingerprint density at radius 3 is 2.68 bits per heavy atom. The number of hydrogen-bond donors (Lipinski definition) is 1. The van der Waals surface area contributed by atoms with Crippen molar-refractivity contribution >= 4 is 21.8 Å². The van der Waals surface area contributed by atoms with E-state index in [1.54, 1.807) is 6.92 Å². The number of halogens is 1. The van der Waals surface area contributed by atoms with Crippen molar-refractivity contribution in [2.24, 2.45) is 0 Å². The summed E-state index contributed by atoms with van der Waals surface area (Å²) in [6.07, 6.45) is 4.50. The molecule has 22 heavy (non-hydrogen) atoms. The third-order valence-electron chi connectivity index (χ3n) is 3.96. The normalized spacial score (nSPS) is 16.6. The average molecular weight is 364 g/mol. The quantitative estimate of drug-likeness (QED) is 0.906. The minimum Gasteiger partial charge on any atom is -0.351 e. The lowest BCUT2D eigenvalue weighted by molar-refractivity contribution is -0.125. The van der Waals surface area contributed by atoms with Gasteiger partial charge in [0.05, 0.1) is 0 Å². The number of rotatable bonds is 4. The summed E-state index contributed by atoms with van der Waals surface area (Å²) in [5, 5.41) is 15.4. The molecule has 0 unspecified atom stereocenters. The molecule has 0 saturated heterocycles. The summed E-state index contributed by atoms with van der Waals surface area (Å²) >= 11 is 3.39. The molecule has 0 aliphatic heterocycles. The number of benzene rings is 1. The highest BCUT2D eigenvalue weighted by atomic mass is 79.9. The largest absolute Gasteiger partial charge is 0.351 e. The predicted molar refractivity (Wildman–Crippen MR) is 86.1 cm³/mol. The van der Waals surface area contributed by atoms with Crippen LogP contribution in [0.2, 0.25) is 0 Å². The summed E-state index contributed by atoms with van der Waals surface area (Å²) in [6.45, 7) is 1.79. The maximum absolute atomic E-state index is 12.2. The molecule has 1 aromatic carbocycles. The minimum atomic E-state index is -0.461. The summed E-state index contributed by atoms with van der Waals surface area (Å²) in [7, 11) is 0. The van der Waals surface area contributed by atoms with Crippen LogP contribution in [0.25, 0.3) is 11.4 Å². The molecule has 1 aliphatic carbocycles. The van der Waals surface area contributed by atoms with Crippen LogP contribution in [0.5, 0.6) is 0 Å². The second-order valence-electron chi connectivity index (χ2n) is 5.61. The van der Waals surface area contributed by atoms with Gasteiger partial charge in [-0.15, -0.1) is 10.2 Å². The van der Waals surface area contributed by atoms with Crippen molar-refractivity contribution in [3.63, 3.8) is 0 Å². The van der Waals surface area contributed by atoms with Gasteiger partial charge in [0.25, 0.3) is 0 Å². The molecule has 7 heteroatoms. The Morgan fingerprint density at radius 1 is 1.32 bits per heavy atom. The van der Waals surface area contributed by atoms with E-state index in [-0.39, 0.29) is 5.91 Å². The van der Waals surface area contributed by atoms with Gasteiger partial charge in [0.1, 0.15) is 6.04 Å².